The number of nitrogens with one attached hydrogen (secondary N) is 2. The van der Waals surface area contributed by atoms with Gasteiger partial charge < -0.3 is 9.88 Å². The minimum atomic E-state index is 0.00652. The number of carbonyl (C=O) groups is 1. The molecule has 1 aliphatic heterocycles. The van der Waals surface area contributed by atoms with Gasteiger partial charge in [0.25, 0.3) is 0 Å². The van der Waals surface area contributed by atoms with Gasteiger partial charge in [-0.25, -0.2) is 4.98 Å². The number of amides is 1. The molecule has 3 rings (SSSR count). The van der Waals surface area contributed by atoms with Gasteiger partial charge in [0.05, 0.1) is 6.04 Å². The molecule has 1 atom stereocenters. The van der Waals surface area contributed by atoms with E-state index < -0.39 is 0 Å². The lowest BCUT2D eigenvalue weighted by Crippen LogP contribution is -2.38. The smallest absolute Gasteiger partial charge is 0.247 e. The molecule has 104 valence electrons. The van der Waals surface area contributed by atoms with Gasteiger partial charge >= 0.3 is 0 Å². The Balaban J connectivity index is 1.74. The summed E-state index contributed by atoms with van der Waals surface area (Å²) in [7, 11) is 0. The van der Waals surface area contributed by atoms with Crippen LogP contribution in [0.4, 0.5) is 0 Å². The quantitative estimate of drug-likeness (QED) is 0.837. The number of carbonyl (C=O) groups excluding carboxylic acids is 1. The van der Waals surface area contributed by atoms with E-state index in [0.717, 1.165) is 37.3 Å². The van der Waals surface area contributed by atoms with Gasteiger partial charge in [-0.1, -0.05) is 0 Å². The van der Waals surface area contributed by atoms with Crippen LogP contribution < -0.4 is 0 Å². The van der Waals surface area contributed by atoms with E-state index in [1.165, 1.54) is 6.33 Å². The van der Waals surface area contributed by atoms with Crippen LogP contribution in [0.2, 0.25) is 0 Å². The number of likely N-dealkylation sites (tertiary alicyclic amines) is 1. The zero-order valence-electron chi connectivity index (χ0n) is 11.1. The summed E-state index contributed by atoms with van der Waals surface area (Å²) in [6.45, 7) is 0.763. The van der Waals surface area contributed by atoms with E-state index in [-0.39, 0.29) is 11.9 Å². The third-order valence-electron chi connectivity index (χ3n) is 3.56. The van der Waals surface area contributed by atoms with Gasteiger partial charge in [-0.2, -0.15) is 5.10 Å². The Bertz CT molecular complexity index is 573. The second-order valence-corrected chi connectivity index (χ2v) is 4.87. The van der Waals surface area contributed by atoms with E-state index in [4.69, 9.17) is 0 Å². The average molecular weight is 271 g/mol. The topological polar surface area (TPSA) is 77.7 Å². The molecule has 0 radical (unpaired) electrons. The summed E-state index contributed by atoms with van der Waals surface area (Å²) in [6, 6.07) is 3.84. The molecular formula is C14H17N5O. The molecule has 1 unspecified atom stereocenters. The van der Waals surface area contributed by atoms with Gasteiger partial charge in [0.1, 0.15) is 12.2 Å². The molecule has 6 heteroatoms. The first-order chi connectivity index (χ1) is 9.84. The first kappa shape index (κ1) is 12.7. The molecule has 1 amide bonds. The van der Waals surface area contributed by atoms with Crippen LogP contribution in [-0.4, -0.2) is 37.5 Å². The largest absolute Gasteiger partial charge is 0.362 e. The van der Waals surface area contributed by atoms with Crippen molar-refractivity contribution in [3.8, 4) is 0 Å². The Morgan fingerprint density at radius 2 is 2.40 bits per heavy atom. The van der Waals surface area contributed by atoms with Crippen LogP contribution in [-0.2, 0) is 4.79 Å². The molecule has 2 N–H and O–H groups in total. The monoisotopic (exact) mass is 271 g/mol. The van der Waals surface area contributed by atoms with Crippen molar-refractivity contribution in [3.05, 3.63) is 42.3 Å². The van der Waals surface area contributed by atoms with Crippen molar-refractivity contribution >= 4 is 12.0 Å². The first-order valence-corrected chi connectivity index (χ1v) is 6.82. The average Bonchev–Trinajstić information content (AvgIpc) is 3.18. The van der Waals surface area contributed by atoms with E-state index in [1.54, 1.807) is 12.2 Å². The number of nitrogens with zero attached hydrogens (tertiary/aromatic N) is 3. The van der Waals surface area contributed by atoms with Gasteiger partial charge in [0, 0.05) is 24.5 Å². The predicted molar refractivity (Wildman–Crippen MR) is 74.5 cm³/mol. The molecule has 0 bridgehead atoms. The van der Waals surface area contributed by atoms with Gasteiger partial charge in [-0.3, -0.25) is 9.89 Å². The summed E-state index contributed by atoms with van der Waals surface area (Å²) in [5.74, 6) is 0.784. The molecule has 2 aromatic rings. The maximum absolute atomic E-state index is 12.4. The van der Waals surface area contributed by atoms with E-state index in [2.05, 4.69) is 20.2 Å². The fourth-order valence-electron chi connectivity index (χ4n) is 2.56. The first-order valence-electron chi connectivity index (χ1n) is 6.82. The molecule has 2 aromatic heterocycles. The predicted octanol–water partition coefficient (Wildman–Crippen LogP) is 1.90. The Hall–Kier alpha value is -2.37. The molecule has 0 spiro atoms. The van der Waals surface area contributed by atoms with Crippen molar-refractivity contribution in [2.45, 2.75) is 25.3 Å². The minimum absolute atomic E-state index is 0.00652. The zero-order chi connectivity index (χ0) is 13.8. The molecule has 6 nitrogen and oxygen atoms in total. The number of aromatic nitrogens is 4. The van der Waals surface area contributed by atoms with Crippen LogP contribution in [0.5, 0.6) is 0 Å². The standard InChI is InChI=1S/C14H17N5O/c20-13(7-6-11-4-3-8-15-11)19-9-2-1-5-12(19)14-16-10-17-18-14/h3-4,6-8,10,12,15H,1-2,5,9H2,(H,16,17,18)/b7-6+. The highest BCUT2D eigenvalue weighted by molar-refractivity contribution is 5.91. The number of hydrogen-bond donors (Lipinski definition) is 2. The van der Waals surface area contributed by atoms with Crippen molar-refractivity contribution in [2.75, 3.05) is 6.54 Å². The van der Waals surface area contributed by atoms with Gasteiger partial charge in [0.15, 0.2) is 0 Å². The maximum atomic E-state index is 12.4. The Kier molecular flexibility index (Phi) is 3.62. The maximum Gasteiger partial charge on any atom is 0.247 e. The summed E-state index contributed by atoms with van der Waals surface area (Å²) in [5, 5.41) is 6.76. The van der Waals surface area contributed by atoms with Crippen LogP contribution >= 0.6 is 0 Å². The van der Waals surface area contributed by atoms with E-state index in [1.807, 2.05) is 23.2 Å². The highest BCUT2D eigenvalue weighted by Gasteiger charge is 2.28. The summed E-state index contributed by atoms with van der Waals surface area (Å²) in [4.78, 5) is 21.5. The normalized spacial score (nSPS) is 19.6. The molecule has 20 heavy (non-hydrogen) atoms. The van der Waals surface area contributed by atoms with Crippen LogP contribution in [0.15, 0.2) is 30.7 Å². The molecular weight excluding hydrogens is 254 g/mol. The van der Waals surface area contributed by atoms with Crippen molar-refractivity contribution in [1.29, 1.82) is 0 Å². The van der Waals surface area contributed by atoms with Crippen LogP contribution in [0.1, 0.15) is 36.8 Å². The van der Waals surface area contributed by atoms with Crippen molar-refractivity contribution in [1.82, 2.24) is 25.1 Å². The second kappa shape index (κ2) is 5.73. The third-order valence-corrected chi connectivity index (χ3v) is 3.56. The molecule has 0 aliphatic carbocycles. The molecule has 3 heterocycles. The number of rotatable bonds is 3. The number of piperidine rings is 1. The van der Waals surface area contributed by atoms with Crippen LogP contribution in [0.3, 0.4) is 0 Å². The highest BCUT2D eigenvalue weighted by atomic mass is 16.2. The Morgan fingerprint density at radius 3 is 3.15 bits per heavy atom. The zero-order valence-corrected chi connectivity index (χ0v) is 11.1. The highest BCUT2D eigenvalue weighted by Crippen LogP contribution is 2.28. The number of hydrogen-bond acceptors (Lipinski definition) is 3. The molecule has 0 aromatic carbocycles. The second-order valence-electron chi connectivity index (χ2n) is 4.87. The summed E-state index contributed by atoms with van der Waals surface area (Å²) in [5.41, 5.74) is 0.923. The lowest BCUT2D eigenvalue weighted by atomic mass is 10.0. The number of H-pyrrole nitrogens is 2. The van der Waals surface area contributed by atoms with Crippen molar-refractivity contribution in [2.24, 2.45) is 0 Å². The lowest BCUT2D eigenvalue weighted by Gasteiger charge is -2.33. The minimum Gasteiger partial charge on any atom is -0.362 e. The van der Waals surface area contributed by atoms with Crippen molar-refractivity contribution < 1.29 is 4.79 Å². The van der Waals surface area contributed by atoms with E-state index in [9.17, 15) is 4.79 Å². The summed E-state index contributed by atoms with van der Waals surface area (Å²) >= 11 is 0. The molecule has 1 saturated heterocycles. The molecule has 1 aliphatic rings. The van der Waals surface area contributed by atoms with Gasteiger partial charge in [-0.15, -0.1) is 0 Å². The lowest BCUT2D eigenvalue weighted by molar-refractivity contribution is -0.129. The van der Waals surface area contributed by atoms with E-state index in [0.29, 0.717) is 0 Å². The fraction of sp³-hybridized carbons (Fsp3) is 0.357. The molecule has 0 saturated carbocycles. The van der Waals surface area contributed by atoms with Gasteiger partial charge in [-0.05, 0) is 37.5 Å². The SMILES string of the molecule is O=C(/C=C/c1ccc[nH]1)N1CCCCC1c1ncn[nH]1. The Morgan fingerprint density at radius 1 is 1.45 bits per heavy atom. The van der Waals surface area contributed by atoms with Crippen LogP contribution in [0, 0.1) is 0 Å². The summed E-state index contributed by atoms with van der Waals surface area (Å²) < 4.78 is 0. The third kappa shape index (κ3) is 2.64. The number of aromatic amines is 2. The molecule has 1 fully saturated rings. The van der Waals surface area contributed by atoms with Crippen LogP contribution in [0.25, 0.3) is 6.08 Å². The van der Waals surface area contributed by atoms with Crippen molar-refractivity contribution in [3.63, 3.8) is 0 Å². The fourth-order valence-corrected chi connectivity index (χ4v) is 2.56. The Labute approximate surface area is 116 Å². The van der Waals surface area contributed by atoms with Gasteiger partial charge in [0.2, 0.25) is 5.91 Å². The van der Waals surface area contributed by atoms with E-state index >= 15 is 0 Å². The summed E-state index contributed by atoms with van der Waals surface area (Å²) in [6.07, 6.45) is 9.80.